The summed E-state index contributed by atoms with van der Waals surface area (Å²) in [7, 11) is 0. The highest BCUT2D eigenvalue weighted by Gasteiger charge is 2.42. The van der Waals surface area contributed by atoms with Gasteiger partial charge in [-0.1, -0.05) is 0 Å². The standard InChI is InChI=1S/C18H23N7O/c1-10-7-15(23-18(21-10)11-3-2-6-20-9-11)22-12-4-5-14-13(8-12)16(17(19)26)25-24-14/h2-3,6-7,9,12-14,16,24-25H,4-5,8H2,1H3,(H2,19,26)(H,21,22,23). The van der Waals surface area contributed by atoms with E-state index in [0.717, 1.165) is 36.3 Å². The molecule has 1 amide bonds. The summed E-state index contributed by atoms with van der Waals surface area (Å²) in [5, 5.41) is 3.52. The van der Waals surface area contributed by atoms with E-state index in [2.05, 4.69) is 31.1 Å². The summed E-state index contributed by atoms with van der Waals surface area (Å²) >= 11 is 0. The third-order valence-electron chi connectivity index (χ3n) is 5.18. The summed E-state index contributed by atoms with van der Waals surface area (Å²) in [5.74, 6) is 1.35. The summed E-state index contributed by atoms with van der Waals surface area (Å²) in [6.45, 7) is 1.96. The Morgan fingerprint density at radius 3 is 2.96 bits per heavy atom. The van der Waals surface area contributed by atoms with Crippen LogP contribution in [0, 0.1) is 12.8 Å². The van der Waals surface area contributed by atoms with E-state index in [4.69, 9.17) is 5.73 Å². The highest BCUT2D eigenvalue weighted by atomic mass is 16.1. The number of amides is 1. The second-order valence-electron chi connectivity index (χ2n) is 7.05. The lowest BCUT2D eigenvalue weighted by atomic mass is 9.79. The molecule has 2 aromatic rings. The van der Waals surface area contributed by atoms with Crippen molar-refractivity contribution in [1.82, 2.24) is 25.8 Å². The first-order chi connectivity index (χ1) is 12.6. The second-order valence-corrected chi connectivity index (χ2v) is 7.05. The van der Waals surface area contributed by atoms with Gasteiger partial charge in [-0.2, -0.15) is 0 Å². The number of hydrogen-bond acceptors (Lipinski definition) is 7. The lowest BCUT2D eigenvalue weighted by Crippen LogP contribution is -2.44. The van der Waals surface area contributed by atoms with Crippen molar-refractivity contribution < 1.29 is 4.79 Å². The molecule has 4 rings (SSSR count). The van der Waals surface area contributed by atoms with E-state index in [1.807, 2.05) is 25.1 Å². The van der Waals surface area contributed by atoms with Gasteiger partial charge in [0.15, 0.2) is 5.82 Å². The fraction of sp³-hybridized carbons (Fsp3) is 0.444. The molecule has 8 nitrogen and oxygen atoms in total. The van der Waals surface area contributed by atoms with Crippen molar-refractivity contribution in [3.8, 4) is 11.4 Å². The number of nitrogens with one attached hydrogen (secondary N) is 3. The Hall–Kier alpha value is -2.58. The van der Waals surface area contributed by atoms with Gasteiger partial charge < -0.3 is 11.1 Å². The average Bonchev–Trinajstić information content (AvgIpc) is 3.05. The first-order valence-corrected chi connectivity index (χ1v) is 8.93. The molecule has 2 fully saturated rings. The van der Waals surface area contributed by atoms with Gasteiger partial charge in [0.1, 0.15) is 11.9 Å². The molecule has 0 bridgehead atoms. The molecule has 1 saturated carbocycles. The zero-order valence-electron chi connectivity index (χ0n) is 14.6. The number of rotatable bonds is 4. The molecular weight excluding hydrogens is 330 g/mol. The van der Waals surface area contributed by atoms with E-state index in [1.165, 1.54) is 0 Å². The molecular formula is C18H23N7O. The Bertz CT molecular complexity index is 797. The zero-order valence-corrected chi connectivity index (χ0v) is 14.6. The van der Waals surface area contributed by atoms with E-state index < -0.39 is 0 Å². The van der Waals surface area contributed by atoms with Crippen LogP contribution in [-0.4, -0.2) is 39.0 Å². The van der Waals surface area contributed by atoms with E-state index in [1.54, 1.807) is 12.4 Å². The van der Waals surface area contributed by atoms with Gasteiger partial charge in [-0.3, -0.25) is 15.2 Å². The molecule has 4 unspecified atom stereocenters. The van der Waals surface area contributed by atoms with Crippen LogP contribution >= 0.6 is 0 Å². The summed E-state index contributed by atoms with van der Waals surface area (Å²) in [6.07, 6.45) is 6.35. The van der Waals surface area contributed by atoms with Crippen LogP contribution in [0.2, 0.25) is 0 Å². The van der Waals surface area contributed by atoms with Crippen LogP contribution in [0.3, 0.4) is 0 Å². The largest absolute Gasteiger partial charge is 0.368 e. The SMILES string of the molecule is Cc1cc(NC2CCC3NNC(C(N)=O)C3C2)nc(-c2cccnc2)n1. The fourth-order valence-corrected chi connectivity index (χ4v) is 3.95. The molecule has 0 aromatic carbocycles. The maximum atomic E-state index is 11.6. The zero-order chi connectivity index (χ0) is 18.1. The van der Waals surface area contributed by atoms with E-state index in [-0.39, 0.29) is 23.9 Å². The molecule has 2 aromatic heterocycles. The summed E-state index contributed by atoms with van der Waals surface area (Å²) in [5.41, 5.74) is 13.5. The van der Waals surface area contributed by atoms with Gasteiger partial charge >= 0.3 is 0 Å². The van der Waals surface area contributed by atoms with Crippen LogP contribution in [0.4, 0.5) is 5.82 Å². The van der Waals surface area contributed by atoms with Crippen molar-refractivity contribution in [3.63, 3.8) is 0 Å². The van der Waals surface area contributed by atoms with E-state index >= 15 is 0 Å². The van der Waals surface area contributed by atoms with Gasteiger partial charge in [0.05, 0.1) is 0 Å². The van der Waals surface area contributed by atoms with E-state index in [0.29, 0.717) is 11.9 Å². The highest BCUT2D eigenvalue weighted by molar-refractivity contribution is 5.80. The van der Waals surface area contributed by atoms with Gasteiger partial charge in [-0.15, -0.1) is 0 Å². The summed E-state index contributed by atoms with van der Waals surface area (Å²) in [6, 6.07) is 5.99. The first kappa shape index (κ1) is 16.9. The maximum Gasteiger partial charge on any atom is 0.236 e. The van der Waals surface area contributed by atoms with Crippen LogP contribution in [0.5, 0.6) is 0 Å². The number of fused-ring (bicyclic) bond motifs is 1. The van der Waals surface area contributed by atoms with Crippen LogP contribution in [-0.2, 0) is 4.79 Å². The molecule has 4 atom stereocenters. The average molecular weight is 353 g/mol. The predicted molar refractivity (Wildman–Crippen MR) is 97.8 cm³/mol. The van der Waals surface area contributed by atoms with Gasteiger partial charge in [-0.25, -0.2) is 15.4 Å². The Balaban J connectivity index is 1.51. The molecule has 2 aliphatic rings. The number of aryl methyl sites for hydroxylation is 1. The van der Waals surface area contributed by atoms with Crippen LogP contribution in [0.25, 0.3) is 11.4 Å². The monoisotopic (exact) mass is 353 g/mol. The number of carbonyl (C=O) groups is 1. The van der Waals surface area contributed by atoms with E-state index in [9.17, 15) is 4.79 Å². The molecule has 3 heterocycles. The molecule has 1 saturated heterocycles. The topological polar surface area (TPSA) is 118 Å². The molecule has 26 heavy (non-hydrogen) atoms. The van der Waals surface area contributed by atoms with Gasteiger partial charge in [0.2, 0.25) is 5.91 Å². The molecule has 136 valence electrons. The summed E-state index contributed by atoms with van der Waals surface area (Å²) < 4.78 is 0. The van der Waals surface area contributed by atoms with Gasteiger partial charge in [0, 0.05) is 47.7 Å². The number of aromatic nitrogens is 3. The number of hydrazine groups is 1. The first-order valence-electron chi connectivity index (χ1n) is 8.93. The number of nitrogens with zero attached hydrogens (tertiary/aromatic N) is 3. The van der Waals surface area contributed by atoms with Crippen molar-refractivity contribution in [1.29, 1.82) is 0 Å². The number of primary amides is 1. The van der Waals surface area contributed by atoms with Crippen molar-refractivity contribution in [2.45, 2.75) is 44.3 Å². The minimum atomic E-state index is -0.317. The van der Waals surface area contributed by atoms with Crippen molar-refractivity contribution >= 4 is 11.7 Å². The van der Waals surface area contributed by atoms with Crippen molar-refractivity contribution in [2.24, 2.45) is 11.7 Å². The van der Waals surface area contributed by atoms with Crippen LogP contribution in [0.15, 0.2) is 30.6 Å². The number of nitrogens with two attached hydrogens (primary N) is 1. The maximum absolute atomic E-state index is 11.6. The normalized spacial score (nSPS) is 27.7. The van der Waals surface area contributed by atoms with Crippen molar-refractivity contribution in [3.05, 3.63) is 36.3 Å². The molecule has 0 spiro atoms. The van der Waals surface area contributed by atoms with Crippen molar-refractivity contribution in [2.75, 3.05) is 5.32 Å². The Morgan fingerprint density at radius 1 is 1.31 bits per heavy atom. The predicted octanol–water partition coefficient (Wildman–Crippen LogP) is 0.758. The Kier molecular flexibility index (Phi) is 4.52. The van der Waals surface area contributed by atoms with Gasteiger partial charge in [-0.05, 0) is 38.3 Å². The minimum absolute atomic E-state index is 0.194. The quantitative estimate of drug-likeness (QED) is 0.641. The molecule has 1 aliphatic heterocycles. The second kappa shape index (κ2) is 6.97. The fourth-order valence-electron chi connectivity index (χ4n) is 3.95. The smallest absolute Gasteiger partial charge is 0.236 e. The third kappa shape index (κ3) is 3.38. The third-order valence-corrected chi connectivity index (χ3v) is 5.18. The molecule has 1 aliphatic carbocycles. The number of hydrogen-bond donors (Lipinski definition) is 4. The minimum Gasteiger partial charge on any atom is -0.368 e. The van der Waals surface area contributed by atoms with Crippen LogP contribution < -0.4 is 21.9 Å². The number of carbonyl (C=O) groups excluding carboxylic acids is 1. The molecule has 5 N–H and O–H groups in total. The lowest BCUT2D eigenvalue weighted by molar-refractivity contribution is -0.120. The highest BCUT2D eigenvalue weighted by Crippen LogP contribution is 2.32. The Morgan fingerprint density at radius 2 is 2.19 bits per heavy atom. The number of anilines is 1. The molecule has 8 heteroatoms. The van der Waals surface area contributed by atoms with Gasteiger partial charge in [0.25, 0.3) is 0 Å². The number of pyridine rings is 1. The Labute approximate surface area is 152 Å². The lowest BCUT2D eigenvalue weighted by Gasteiger charge is -2.33. The molecule has 0 radical (unpaired) electrons. The summed E-state index contributed by atoms with van der Waals surface area (Å²) in [4.78, 5) is 24.9. The van der Waals surface area contributed by atoms with Crippen LogP contribution in [0.1, 0.15) is 25.0 Å².